The van der Waals surface area contributed by atoms with Gasteiger partial charge in [-0.1, -0.05) is 6.07 Å². The highest BCUT2D eigenvalue weighted by Crippen LogP contribution is 2.32. The van der Waals surface area contributed by atoms with Crippen molar-refractivity contribution in [3.05, 3.63) is 35.8 Å². The third-order valence-corrected chi connectivity index (χ3v) is 5.44. The van der Waals surface area contributed by atoms with Crippen LogP contribution < -0.4 is 4.74 Å². The number of aliphatic carboxylic acids is 1. The summed E-state index contributed by atoms with van der Waals surface area (Å²) in [6.45, 7) is 5.29. The Labute approximate surface area is 182 Å². The summed E-state index contributed by atoms with van der Waals surface area (Å²) in [5.74, 6) is -0.344. The zero-order valence-electron chi connectivity index (χ0n) is 17.3. The van der Waals surface area contributed by atoms with Gasteiger partial charge < -0.3 is 14.6 Å². The number of fused-ring (bicyclic) bond motifs is 1. The minimum atomic E-state index is -1.10. The monoisotopic (exact) mass is 442 g/mol. The lowest BCUT2D eigenvalue weighted by atomic mass is 10.2. The van der Waals surface area contributed by atoms with Crippen LogP contribution in [-0.4, -0.2) is 61.3 Å². The first kappa shape index (κ1) is 21.0. The number of aromatic nitrogens is 3. The van der Waals surface area contributed by atoms with E-state index in [1.165, 1.54) is 16.2 Å². The molecule has 1 amide bonds. The minimum absolute atomic E-state index is 0.0838. The van der Waals surface area contributed by atoms with Gasteiger partial charge in [-0.3, -0.25) is 9.88 Å². The van der Waals surface area contributed by atoms with Crippen LogP contribution in [0.4, 0.5) is 4.79 Å². The topological polar surface area (TPSA) is 115 Å². The van der Waals surface area contributed by atoms with Crippen molar-refractivity contribution in [3.8, 4) is 17.4 Å². The van der Waals surface area contributed by atoms with Crippen molar-refractivity contribution in [2.75, 3.05) is 6.54 Å². The number of ether oxygens (including phenoxy) is 2. The van der Waals surface area contributed by atoms with Crippen LogP contribution >= 0.6 is 11.3 Å². The molecule has 0 aromatic carbocycles. The van der Waals surface area contributed by atoms with E-state index in [2.05, 4.69) is 15.0 Å². The average molecular weight is 442 g/mol. The van der Waals surface area contributed by atoms with Gasteiger partial charge in [-0.05, 0) is 44.4 Å². The molecule has 0 bridgehead atoms. The second-order valence-electron chi connectivity index (χ2n) is 8.17. The largest absolute Gasteiger partial charge is 0.480 e. The first-order chi connectivity index (χ1) is 14.7. The van der Waals surface area contributed by atoms with Crippen LogP contribution in [0.5, 0.6) is 5.88 Å². The molecule has 1 N–H and O–H groups in total. The molecule has 1 aliphatic rings. The highest BCUT2D eigenvalue weighted by Gasteiger charge is 2.43. The lowest BCUT2D eigenvalue weighted by Crippen LogP contribution is -2.43. The molecule has 4 rings (SSSR count). The van der Waals surface area contributed by atoms with Crippen molar-refractivity contribution in [1.82, 2.24) is 19.9 Å². The normalized spacial score (nSPS) is 18.9. The van der Waals surface area contributed by atoms with E-state index >= 15 is 0 Å². The van der Waals surface area contributed by atoms with Gasteiger partial charge in [0, 0.05) is 12.6 Å². The van der Waals surface area contributed by atoms with E-state index in [0.29, 0.717) is 17.4 Å². The van der Waals surface area contributed by atoms with Crippen molar-refractivity contribution >= 4 is 33.6 Å². The maximum Gasteiger partial charge on any atom is 0.411 e. The number of pyridine rings is 1. The number of carbonyl (C=O) groups is 2. The van der Waals surface area contributed by atoms with Gasteiger partial charge in [0.1, 0.15) is 28.3 Å². The fraction of sp³-hybridized carbons (Fsp3) is 0.381. The molecule has 1 saturated heterocycles. The summed E-state index contributed by atoms with van der Waals surface area (Å²) in [5.41, 5.74) is -0.125. The molecule has 162 valence electrons. The highest BCUT2D eigenvalue weighted by molar-refractivity contribution is 7.16. The molecule has 0 spiro atoms. The Morgan fingerprint density at radius 2 is 2.03 bits per heavy atom. The van der Waals surface area contributed by atoms with Gasteiger partial charge in [-0.15, -0.1) is 11.3 Å². The summed E-state index contributed by atoms with van der Waals surface area (Å²) < 4.78 is 11.5. The SMILES string of the molecule is CC(C)(C)OC(=O)N1C[C@H](Oc2nc(-c3ccccn3)nc3sccc23)C[C@H]1C(=O)O. The number of hydrogen-bond donors (Lipinski definition) is 1. The molecule has 1 aliphatic heterocycles. The van der Waals surface area contributed by atoms with E-state index in [1.54, 1.807) is 39.1 Å². The van der Waals surface area contributed by atoms with Gasteiger partial charge >= 0.3 is 12.1 Å². The zero-order chi connectivity index (χ0) is 22.2. The Morgan fingerprint density at radius 1 is 1.23 bits per heavy atom. The second kappa shape index (κ2) is 8.10. The number of carbonyl (C=O) groups excluding carboxylic acids is 1. The predicted octanol–water partition coefficient (Wildman–Crippen LogP) is 3.59. The minimum Gasteiger partial charge on any atom is -0.480 e. The lowest BCUT2D eigenvalue weighted by molar-refractivity contribution is -0.142. The van der Waals surface area contributed by atoms with Crippen LogP contribution in [0.1, 0.15) is 27.2 Å². The number of hydrogen-bond acceptors (Lipinski definition) is 8. The number of rotatable bonds is 4. The fourth-order valence-electron chi connectivity index (χ4n) is 3.32. The molecule has 0 aliphatic carbocycles. The van der Waals surface area contributed by atoms with Gasteiger partial charge in [-0.25, -0.2) is 14.6 Å². The number of carboxylic acid groups (broad SMARTS) is 1. The third-order valence-electron chi connectivity index (χ3n) is 4.64. The fourth-order valence-corrected chi connectivity index (χ4v) is 4.08. The Hall–Kier alpha value is -3.27. The molecule has 0 radical (unpaired) electrons. The predicted molar refractivity (Wildman–Crippen MR) is 114 cm³/mol. The molecule has 2 atom stereocenters. The average Bonchev–Trinajstić information content (AvgIpc) is 3.34. The van der Waals surface area contributed by atoms with E-state index in [0.717, 1.165) is 10.2 Å². The highest BCUT2D eigenvalue weighted by atomic mass is 32.1. The van der Waals surface area contributed by atoms with Crippen molar-refractivity contribution in [2.24, 2.45) is 0 Å². The summed E-state index contributed by atoms with van der Waals surface area (Å²) >= 11 is 1.45. The summed E-state index contributed by atoms with van der Waals surface area (Å²) in [5, 5.41) is 12.2. The Balaban J connectivity index is 1.61. The molecule has 9 nitrogen and oxygen atoms in total. The van der Waals surface area contributed by atoms with E-state index in [4.69, 9.17) is 9.47 Å². The molecular weight excluding hydrogens is 420 g/mol. The van der Waals surface area contributed by atoms with Gasteiger partial charge in [0.25, 0.3) is 0 Å². The number of nitrogens with zero attached hydrogens (tertiary/aromatic N) is 4. The van der Waals surface area contributed by atoms with Crippen LogP contribution in [0.3, 0.4) is 0 Å². The van der Waals surface area contributed by atoms with Crippen LogP contribution in [-0.2, 0) is 9.53 Å². The molecule has 4 heterocycles. The maximum atomic E-state index is 12.5. The number of carboxylic acids is 1. The van der Waals surface area contributed by atoms with Crippen LogP contribution in [0.25, 0.3) is 21.7 Å². The molecule has 3 aromatic rings. The summed E-state index contributed by atoms with van der Waals surface area (Å²) in [6.07, 6.45) is 0.556. The molecule has 31 heavy (non-hydrogen) atoms. The smallest absolute Gasteiger partial charge is 0.411 e. The van der Waals surface area contributed by atoms with E-state index in [1.807, 2.05) is 17.5 Å². The molecular formula is C21H22N4O5S. The third kappa shape index (κ3) is 4.58. The van der Waals surface area contributed by atoms with Crippen molar-refractivity contribution in [3.63, 3.8) is 0 Å². The molecule has 3 aromatic heterocycles. The van der Waals surface area contributed by atoms with Crippen molar-refractivity contribution < 1.29 is 24.2 Å². The first-order valence-electron chi connectivity index (χ1n) is 9.77. The summed E-state index contributed by atoms with van der Waals surface area (Å²) in [4.78, 5) is 39.6. The summed E-state index contributed by atoms with van der Waals surface area (Å²) in [7, 11) is 0. The van der Waals surface area contributed by atoms with E-state index < -0.39 is 29.8 Å². The Morgan fingerprint density at radius 3 is 2.71 bits per heavy atom. The standard InChI is InChI=1S/C21H22N4O5S/c1-21(2,3)30-20(28)25-11-12(10-15(25)19(26)27)29-17-13-7-9-31-18(13)24-16(23-17)14-6-4-5-8-22-14/h4-9,12,15H,10-11H2,1-3H3,(H,26,27)/t12-,15+/m1/s1. The van der Waals surface area contributed by atoms with Gasteiger partial charge in [0.2, 0.25) is 5.88 Å². The second-order valence-corrected chi connectivity index (χ2v) is 9.06. The number of amides is 1. The van der Waals surface area contributed by atoms with Gasteiger partial charge in [0.15, 0.2) is 5.82 Å². The van der Waals surface area contributed by atoms with Crippen molar-refractivity contribution in [2.45, 2.75) is 44.9 Å². The number of thiophene rings is 1. The maximum absolute atomic E-state index is 12.5. The van der Waals surface area contributed by atoms with Crippen LogP contribution in [0, 0.1) is 0 Å². The lowest BCUT2D eigenvalue weighted by Gasteiger charge is -2.26. The Kier molecular flexibility index (Phi) is 5.48. The Bertz CT molecular complexity index is 1110. The molecule has 1 fully saturated rings. The van der Waals surface area contributed by atoms with Crippen molar-refractivity contribution in [1.29, 1.82) is 0 Å². The molecule has 0 saturated carbocycles. The van der Waals surface area contributed by atoms with E-state index in [-0.39, 0.29) is 13.0 Å². The van der Waals surface area contributed by atoms with Gasteiger partial charge in [-0.2, -0.15) is 4.98 Å². The number of likely N-dealkylation sites (tertiary alicyclic amines) is 1. The van der Waals surface area contributed by atoms with Crippen LogP contribution in [0.15, 0.2) is 35.8 Å². The molecule has 10 heteroatoms. The quantitative estimate of drug-likeness (QED) is 0.652. The first-order valence-corrected chi connectivity index (χ1v) is 10.6. The van der Waals surface area contributed by atoms with E-state index in [9.17, 15) is 14.7 Å². The summed E-state index contributed by atoms with van der Waals surface area (Å²) in [6, 6.07) is 6.28. The van der Waals surface area contributed by atoms with Crippen LogP contribution in [0.2, 0.25) is 0 Å². The van der Waals surface area contributed by atoms with Gasteiger partial charge in [0.05, 0.1) is 11.9 Å². The molecule has 0 unspecified atom stereocenters. The zero-order valence-corrected chi connectivity index (χ0v) is 18.1.